The van der Waals surface area contributed by atoms with E-state index in [-0.39, 0.29) is 18.3 Å². The summed E-state index contributed by atoms with van der Waals surface area (Å²) < 4.78 is 6.09. The molecular formula is C38H59N3O6. The molecule has 0 unspecified atom stereocenters. The summed E-state index contributed by atoms with van der Waals surface area (Å²) in [6.45, 7) is 14.7. The van der Waals surface area contributed by atoms with Gasteiger partial charge in [0, 0.05) is 0 Å². The second-order valence-corrected chi connectivity index (χ2v) is 15.1. The van der Waals surface area contributed by atoms with Crippen LogP contribution in [0, 0.1) is 11.8 Å². The SMILES string of the molecule is CC[C@H](C)[C@H](NC(=O)[C@H](C)N)C(=O)N([C@@H](Cc1cccc2ccccc12)[C@@H](O)[C@@H](O)CC(C)C)C1(C(=O)OC(C)(C)C)CCCCC1. The Morgan fingerprint density at radius 2 is 1.60 bits per heavy atom. The number of aliphatic hydroxyl groups is 2. The van der Waals surface area contributed by atoms with Crippen LogP contribution >= 0.6 is 0 Å². The second-order valence-electron chi connectivity index (χ2n) is 15.1. The fraction of sp³-hybridized carbons (Fsp3) is 0.658. The van der Waals surface area contributed by atoms with Crippen LogP contribution in [0.4, 0.5) is 0 Å². The molecule has 262 valence electrons. The van der Waals surface area contributed by atoms with Crippen LogP contribution in [-0.4, -0.2) is 74.4 Å². The minimum Gasteiger partial charge on any atom is -0.458 e. The van der Waals surface area contributed by atoms with E-state index in [1.807, 2.05) is 70.2 Å². The smallest absolute Gasteiger partial charge is 0.332 e. The maximum atomic E-state index is 15.3. The maximum absolute atomic E-state index is 15.3. The van der Waals surface area contributed by atoms with Gasteiger partial charge in [-0.05, 0) is 81.5 Å². The number of aliphatic hydroxyl groups excluding tert-OH is 2. The first-order chi connectivity index (χ1) is 22.0. The van der Waals surface area contributed by atoms with Crippen molar-refractivity contribution in [3.63, 3.8) is 0 Å². The molecule has 0 aromatic heterocycles. The lowest BCUT2D eigenvalue weighted by atomic mass is 9.76. The molecule has 47 heavy (non-hydrogen) atoms. The predicted molar refractivity (Wildman–Crippen MR) is 186 cm³/mol. The number of amides is 2. The molecule has 0 bridgehead atoms. The van der Waals surface area contributed by atoms with Crippen LogP contribution in [0.15, 0.2) is 42.5 Å². The summed E-state index contributed by atoms with van der Waals surface area (Å²) >= 11 is 0. The molecule has 0 saturated heterocycles. The molecule has 6 atom stereocenters. The number of nitrogens with two attached hydrogens (primary N) is 1. The van der Waals surface area contributed by atoms with Gasteiger partial charge >= 0.3 is 5.97 Å². The zero-order valence-corrected chi connectivity index (χ0v) is 29.8. The fourth-order valence-electron chi connectivity index (χ4n) is 6.80. The van der Waals surface area contributed by atoms with Crippen molar-refractivity contribution < 1.29 is 29.3 Å². The van der Waals surface area contributed by atoms with E-state index in [0.717, 1.165) is 22.8 Å². The van der Waals surface area contributed by atoms with Crippen molar-refractivity contribution >= 4 is 28.6 Å². The molecule has 3 rings (SSSR count). The summed E-state index contributed by atoms with van der Waals surface area (Å²) in [6, 6.07) is 10.9. The van der Waals surface area contributed by atoms with Crippen molar-refractivity contribution in [1.82, 2.24) is 10.2 Å². The van der Waals surface area contributed by atoms with Crippen LogP contribution in [0.3, 0.4) is 0 Å². The Balaban J connectivity index is 2.35. The fourth-order valence-corrected chi connectivity index (χ4v) is 6.80. The van der Waals surface area contributed by atoms with Crippen LogP contribution in [-0.2, 0) is 25.5 Å². The van der Waals surface area contributed by atoms with E-state index in [0.29, 0.717) is 38.5 Å². The van der Waals surface area contributed by atoms with Crippen LogP contribution in [0.1, 0.15) is 106 Å². The molecular weight excluding hydrogens is 594 g/mol. The van der Waals surface area contributed by atoms with Crippen LogP contribution in [0.5, 0.6) is 0 Å². The summed E-state index contributed by atoms with van der Waals surface area (Å²) in [7, 11) is 0. The summed E-state index contributed by atoms with van der Waals surface area (Å²) in [4.78, 5) is 44.4. The normalized spacial score (nSPS) is 18.9. The maximum Gasteiger partial charge on any atom is 0.332 e. The quantitative estimate of drug-likeness (QED) is 0.204. The van der Waals surface area contributed by atoms with E-state index in [1.54, 1.807) is 27.7 Å². The number of esters is 1. The van der Waals surface area contributed by atoms with Gasteiger partial charge in [-0.15, -0.1) is 0 Å². The van der Waals surface area contributed by atoms with Gasteiger partial charge in [0.1, 0.15) is 23.3 Å². The number of fused-ring (bicyclic) bond motifs is 1. The first kappa shape index (κ1) is 38.4. The third kappa shape index (κ3) is 9.55. The number of benzene rings is 2. The number of carbonyl (C=O) groups is 3. The van der Waals surface area contributed by atoms with Gasteiger partial charge in [-0.25, -0.2) is 4.79 Å². The van der Waals surface area contributed by atoms with Gasteiger partial charge in [-0.1, -0.05) is 95.8 Å². The highest BCUT2D eigenvalue weighted by Crippen LogP contribution is 2.40. The Kier molecular flexibility index (Phi) is 13.4. The molecule has 1 fully saturated rings. The molecule has 2 aromatic rings. The Labute approximate surface area is 281 Å². The Hall–Kier alpha value is -3.01. The topological polar surface area (TPSA) is 142 Å². The average Bonchev–Trinajstić information content (AvgIpc) is 3.01. The molecule has 9 heteroatoms. The summed E-state index contributed by atoms with van der Waals surface area (Å²) in [5.41, 5.74) is 4.56. The van der Waals surface area contributed by atoms with Crippen LogP contribution < -0.4 is 11.1 Å². The lowest BCUT2D eigenvalue weighted by Gasteiger charge is -2.51. The lowest BCUT2D eigenvalue weighted by molar-refractivity contribution is -0.185. The molecule has 1 aliphatic carbocycles. The van der Waals surface area contributed by atoms with Gasteiger partial charge in [0.15, 0.2) is 0 Å². The number of hydrogen-bond donors (Lipinski definition) is 4. The summed E-state index contributed by atoms with van der Waals surface area (Å²) in [5, 5.41) is 28.5. The van der Waals surface area contributed by atoms with E-state index in [2.05, 4.69) is 5.32 Å². The van der Waals surface area contributed by atoms with E-state index < -0.39 is 59.3 Å². The molecule has 0 aliphatic heterocycles. The number of carbonyl (C=O) groups excluding carboxylic acids is 3. The Morgan fingerprint density at radius 3 is 2.17 bits per heavy atom. The van der Waals surface area contributed by atoms with Gasteiger partial charge in [-0.3, -0.25) is 9.59 Å². The van der Waals surface area contributed by atoms with Gasteiger partial charge < -0.3 is 30.9 Å². The monoisotopic (exact) mass is 653 g/mol. The minimum atomic E-state index is -1.43. The molecule has 2 aromatic carbocycles. The molecule has 1 aliphatic rings. The van der Waals surface area contributed by atoms with E-state index in [4.69, 9.17) is 10.5 Å². The number of ether oxygens (including phenoxy) is 1. The molecule has 1 saturated carbocycles. The van der Waals surface area contributed by atoms with Crippen molar-refractivity contribution in [3.8, 4) is 0 Å². The third-order valence-corrected chi connectivity index (χ3v) is 9.49. The Morgan fingerprint density at radius 1 is 0.979 bits per heavy atom. The van der Waals surface area contributed by atoms with E-state index in [1.165, 1.54) is 4.90 Å². The summed E-state index contributed by atoms with van der Waals surface area (Å²) in [5.74, 6) is -1.75. The van der Waals surface area contributed by atoms with E-state index >= 15 is 4.79 Å². The van der Waals surface area contributed by atoms with Crippen molar-refractivity contribution in [2.45, 2.75) is 148 Å². The number of nitrogens with zero attached hydrogens (tertiary/aromatic N) is 1. The number of rotatable bonds is 14. The molecule has 5 N–H and O–H groups in total. The predicted octanol–water partition coefficient (Wildman–Crippen LogP) is 5.27. The van der Waals surface area contributed by atoms with Crippen molar-refractivity contribution in [1.29, 1.82) is 0 Å². The standard InChI is InChI=1S/C38H59N3O6/c1-9-25(4)32(40-34(44)26(5)39)35(45)41(38(20-13-10-14-21-38)36(46)47-37(6,7)8)30(33(43)31(42)22-24(2)3)23-28-18-15-17-27-16-11-12-19-29(27)28/h11-12,15-19,24-26,30-33,42-43H,9-10,13-14,20-23,39H2,1-8H3,(H,40,44)/t25-,26-,30-,31-,32-,33+/m0/s1. The molecule has 0 heterocycles. The van der Waals surface area contributed by atoms with Crippen molar-refractivity contribution in [3.05, 3.63) is 48.0 Å². The highest BCUT2D eigenvalue weighted by Gasteiger charge is 2.55. The minimum absolute atomic E-state index is 0.0645. The second kappa shape index (κ2) is 16.4. The molecule has 0 spiro atoms. The summed E-state index contributed by atoms with van der Waals surface area (Å²) in [6.07, 6.45) is 1.36. The van der Waals surface area contributed by atoms with Gasteiger partial charge in [-0.2, -0.15) is 0 Å². The zero-order valence-electron chi connectivity index (χ0n) is 29.8. The van der Waals surface area contributed by atoms with Crippen molar-refractivity contribution in [2.75, 3.05) is 0 Å². The largest absolute Gasteiger partial charge is 0.458 e. The molecule has 0 radical (unpaired) electrons. The van der Waals surface area contributed by atoms with Crippen LogP contribution in [0.2, 0.25) is 0 Å². The highest BCUT2D eigenvalue weighted by atomic mass is 16.6. The van der Waals surface area contributed by atoms with Gasteiger partial charge in [0.05, 0.1) is 18.2 Å². The van der Waals surface area contributed by atoms with Crippen molar-refractivity contribution in [2.24, 2.45) is 17.6 Å². The molecule has 2 amide bonds. The number of nitrogens with one attached hydrogen (secondary N) is 1. The van der Waals surface area contributed by atoms with E-state index in [9.17, 15) is 19.8 Å². The van der Waals surface area contributed by atoms with Gasteiger partial charge in [0.25, 0.3) is 0 Å². The zero-order chi connectivity index (χ0) is 35.1. The first-order valence-electron chi connectivity index (χ1n) is 17.5. The highest BCUT2D eigenvalue weighted by molar-refractivity contribution is 5.94. The van der Waals surface area contributed by atoms with Gasteiger partial charge in [0.2, 0.25) is 11.8 Å². The number of hydrogen-bond acceptors (Lipinski definition) is 7. The first-order valence-corrected chi connectivity index (χ1v) is 17.5. The third-order valence-electron chi connectivity index (χ3n) is 9.49. The Bertz CT molecular complexity index is 1340. The average molecular weight is 654 g/mol. The molecule has 9 nitrogen and oxygen atoms in total. The lowest BCUT2D eigenvalue weighted by Crippen LogP contribution is -2.70. The van der Waals surface area contributed by atoms with Crippen LogP contribution in [0.25, 0.3) is 10.8 Å².